The van der Waals surface area contributed by atoms with Crippen molar-refractivity contribution in [2.24, 2.45) is 10.9 Å². The SMILES string of the molecule is CCNC(=NCc1ccc(N2CCC(C)CC2)nc1)NCCN1CCCCC1. The van der Waals surface area contributed by atoms with Crippen LogP contribution in [0.25, 0.3) is 0 Å². The van der Waals surface area contributed by atoms with Gasteiger partial charge in [0.25, 0.3) is 0 Å². The zero-order valence-electron chi connectivity index (χ0n) is 17.8. The van der Waals surface area contributed by atoms with Gasteiger partial charge in [0.05, 0.1) is 6.54 Å². The number of aromatic nitrogens is 1. The molecule has 6 heteroatoms. The van der Waals surface area contributed by atoms with Gasteiger partial charge in [-0.05, 0) is 63.2 Å². The number of anilines is 1. The Labute approximate surface area is 170 Å². The van der Waals surface area contributed by atoms with Gasteiger partial charge in [-0.15, -0.1) is 0 Å². The van der Waals surface area contributed by atoms with E-state index in [-0.39, 0.29) is 0 Å². The Balaban J connectivity index is 1.46. The number of aliphatic imine (C=N–C) groups is 1. The molecule has 2 saturated heterocycles. The molecular weight excluding hydrogens is 348 g/mol. The van der Waals surface area contributed by atoms with Crippen molar-refractivity contribution in [3.63, 3.8) is 0 Å². The molecule has 2 N–H and O–H groups in total. The number of nitrogens with one attached hydrogen (secondary N) is 2. The third-order valence-corrected chi connectivity index (χ3v) is 5.85. The summed E-state index contributed by atoms with van der Waals surface area (Å²) in [7, 11) is 0. The highest BCUT2D eigenvalue weighted by Gasteiger charge is 2.16. The largest absolute Gasteiger partial charge is 0.357 e. The number of piperidine rings is 2. The van der Waals surface area contributed by atoms with Crippen LogP contribution >= 0.6 is 0 Å². The number of rotatable bonds is 7. The maximum atomic E-state index is 4.74. The highest BCUT2D eigenvalue weighted by Crippen LogP contribution is 2.21. The molecular formula is C22H38N6. The van der Waals surface area contributed by atoms with Gasteiger partial charge >= 0.3 is 0 Å². The van der Waals surface area contributed by atoms with Crippen LogP contribution in [0.1, 0.15) is 51.5 Å². The van der Waals surface area contributed by atoms with Gasteiger partial charge in [0.2, 0.25) is 0 Å². The molecule has 0 radical (unpaired) electrons. The Morgan fingerprint density at radius 2 is 1.89 bits per heavy atom. The maximum absolute atomic E-state index is 4.74. The summed E-state index contributed by atoms with van der Waals surface area (Å²) in [4.78, 5) is 14.4. The van der Waals surface area contributed by atoms with Crippen LogP contribution in [0.4, 0.5) is 5.82 Å². The second-order valence-corrected chi connectivity index (χ2v) is 8.22. The van der Waals surface area contributed by atoms with Crippen LogP contribution in [0.3, 0.4) is 0 Å². The highest BCUT2D eigenvalue weighted by molar-refractivity contribution is 5.79. The molecule has 2 aliphatic heterocycles. The first kappa shape index (κ1) is 20.9. The van der Waals surface area contributed by atoms with Crippen LogP contribution in [-0.4, -0.2) is 61.7 Å². The topological polar surface area (TPSA) is 55.8 Å². The van der Waals surface area contributed by atoms with Crippen LogP contribution in [0, 0.1) is 5.92 Å². The van der Waals surface area contributed by atoms with E-state index in [1.807, 2.05) is 6.20 Å². The van der Waals surface area contributed by atoms with Gasteiger partial charge in [0.15, 0.2) is 5.96 Å². The summed E-state index contributed by atoms with van der Waals surface area (Å²) in [5.41, 5.74) is 1.15. The molecule has 6 nitrogen and oxygen atoms in total. The predicted octanol–water partition coefficient (Wildman–Crippen LogP) is 2.86. The number of hydrogen-bond acceptors (Lipinski definition) is 4. The van der Waals surface area contributed by atoms with Crippen LogP contribution in [0.5, 0.6) is 0 Å². The molecule has 2 aliphatic rings. The number of pyridine rings is 1. The zero-order valence-corrected chi connectivity index (χ0v) is 17.8. The lowest BCUT2D eigenvalue weighted by Gasteiger charge is -2.31. The monoisotopic (exact) mass is 386 g/mol. The third-order valence-electron chi connectivity index (χ3n) is 5.85. The van der Waals surface area contributed by atoms with E-state index < -0.39 is 0 Å². The normalized spacial score (nSPS) is 19.6. The summed E-state index contributed by atoms with van der Waals surface area (Å²) >= 11 is 0. The fraction of sp³-hybridized carbons (Fsp3) is 0.727. The molecule has 2 fully saturated rings. The van der Waals surface area contributed by atoms with E-state index in [0.717, 1.165) is 56.0 Å². The van der Waals surface area contributed by atoms with E-state index in [0.29, 0.717) is 6.54 Å². The first-order chi connectivity index (χ1) is 13.7. The molecule has 156 valence electrons. The molecule has 1 aromatic heterocycles. The number of nitrogens with zero attached hydrogens (tertiary/aromatic N) is 4. The lowest BCUT2D eigenvalue weighted by Crippen LogP contribution is -2.42. The molecule has 0 amide bonds. The second-order valence-electron chi connectivity index (χ2n) is 8.22. The Bertz CT molecular complexity index is 586. The van der Waals surface area contributed by atoms with E-state index in [9.17, 15) is 0 Å². The van der Waals surface area contributed by atoms with Crippen LogP contribution in [0.15, 0.2) is 23.3 Å². The van der Waals surface area contributed by atoms with Gasteiger partial charge in [0.1, 0.15) is 5.82 Å². The average Bonchev–Trinajstić information content (AvgIpc) is 2.74. The molecule has 0 aromatic carbocycles. The predicted molar refractivity (Wildman–Crippen MR) is 118 cm³/mol. The van der Waals surface area contributed by atoms with Crippen molar-refractivity contribution >= 4 is 11.8 Å². The van der Waals surface area contributed by atoms with Crippen molar-refractivity contribution in [3.8, 4) is 0 Å². The minimum absolute atomic E-state index is 0.656. The quantitative estimate of drug-likeness (QED) is 0.557. The second kappa shape index (κ2) is 11.2. The minimum Gasteiger partial charge on any atom is -0.357 e. The van der Waals surface area contributed by atoms with Gasteiger partial charge in [-0.3, -0.25) is 0 Å². The Kier molecular flexibility index (Phi) is 8.40. The third kappa shape index (κ3) is 6.66. The van der Waals surface area contributed by atoms with Crippen LogP contribution in [-0.2, 0) is 6.54 Å². The minimum atomic E-state index is 0.656. The van der Waals surface area contributed by atoms with E-state index in [1.165, 1.54) is 45.2 Å². The lowest BCUT2D eigenvalue weighted by molar-refractivity contribution is 0.232. The van der Waals surface area contributed by atoms with E-state index >= 15 is 0 Å². The molecule has 3 heterocycles. The summed E-state index contributed by atoms with van der Waals surface area (Å²) in [6.07, 6.45) is 8.58. The van der Waals surface area contributed by atoms with Gasteiger partial charge in [-0.25, -0.2) is 9.98 Å². The van der Waals surface area contributed by atoms with Gasteiger partial charge in [0, 0.05) is 38.9 Å². The number of likely N-dealkylation sites (tertiary alicyclic amines) is 1. The van der Waals surface area contributed by atoms with E-state index in [4.69, 9.17) is 4.99 Å². The summed E-state index contributed by atoms with van der Waals surface area (Å²) < 4.78 is 0. The average molecular weight is 387 g/mol. The standard InChI is InChI=1S/C22H38N6/c1-3-23-22(24-11-16-27-12-5-4-6-13-27)26-18-20-7-8-21(25-17-20)28-14-9-19(2)10-15-28/h7-8,17,19H,3-6,9-16,18H2,1-2H3,(H2,23,24,26). The maximum Gasteiger partial charge on any atom is 0.191 e. The molecule has 0 bridgehead atoms. The van der Waals surface area contributed by atoms with Crippen molar-refractivity contribution in [3.05, 3.63) is 23.9 Å². The van der Waals surface area contributed by atoms with Crippen molar-refractivity contribution in [1.29, 1.82) is 0 Å². The Morgan fingerprint density at radius 3 is 2.57 bits per heavy atom. The molecule has 0 spiro atoms. The fourth-order valence-electron chi connectivity index (χ4n) is 3.96. The highest BCUT2D eigenvalue weighted by atomic mass is 15.2. The molecule has 0 atom stereocenters. The molecule has 0 aliphatic carbocycles. The van der Waals surface area contributed by atoms with Gasteiger partial charge < -0.3 is 20.4 Å². The Morgan fingerprint density at radius 1 is 1.11 bits per heavy atom. The van der Waals surface area contributed by atoms with Crippen molar-refractivity contribution in [2.45, 2.75) is 52.5 Å². The molecule has 3 rings (SSSR count). The van der Waals surface area contributed by atoms with Crippen LogP contribution in [0.2, 0.25) is 0 Å². The van der Waals surface area contributed by atoms with Crippen molar-refractivity contribution < 1.29 is 0 Å². The van der Waals surface area contributed by atoms with E-state index in [1.54, 1.807) is 0 Å². The number of guanidine groups is 1. The zero-order chi connectivity index (χ0) is 19.6. The van der Waals surface area contributed by atoms with Gasteiger partial charge in [-0.2, -0.15) is 0 Å². The lowest BCUT2D eigenvalue weighted by atomic mass is 9.99. The summed E-state index contributed by atoms with van der Waals surface area (Å²) in [6, 6.07) is 4.32. The Hall–Kier alpha value is -1.82. The molecule has 0 unspecified atom stereocenters. The summed E-state index contributed by atoms with van der Waals surface area (Å²) in [6.45, 7) is 12.7. The first-order valence-electron chi connectivity index (χ1n) is 11.2. The molecule has 0 saturated carbocycles. The van der Waals surface area contributed by atoms with Gasteiger partial charge in [-0.1, -0.05) is 19.4 Å². The molecule has 28 heavy (non-hydrogen) atoms. The summed E-state index contributed by atoms with van der Waals surface area (Å²) in [5, 5.41) is 6.82. The first-order valence-corrected chi connectivity index (χ1v) is 11.2. The molecule has 1 aromatic rings. The fourth-order valence-corrected chi connectivity index (χ4v) is 3.96. The van der Waals surface area contributed by atoms with Crippen LogP contribution < -0.4 is 15.5 Å². The van der Waals surface area contributed by atoms with Crippen molar-refractivity contribution in [1.82, 2.24) is 20.5 Å². The number of hydrogen-bond donors (Lipinski definition) is 2. The van der Waals surface area contributed by atoms with Crippen molar-refractivity contribution in [2.75, 3.05) is 50.7 Å². The summed E-state index contributed by atoms with van der Waals surface area (Å²) in [5.74, 6) is 2.84. The smallest absolute Gasteiger partial charge is 0.191 e. The van der Waals surface area contributed by atoms with E-state index in [2.05, 4.69) is 51.4 Å².